The first kappa shape index (κ1) is 16.5. The zero-order chi connectivity index (χ0) is 14.5. The van der Waals surface area contributed by atoms with Crippen LogP contribution in [0.15, 0.2) is 27.6 Å². The third-order valence-electron chi connectivity index (χ3n) is 2.91. The van der Waals surface area contributed by atoms with Crippen LogP contribution in [0.4, 0.5) is 0 Å². The summed E-state index contributed by atoms with van der Waals surface area (Å²) in [6, 6.07) is 5.42. The van der Waals surface area contributed by atoms with Crippen molar-refractivity contribution in [3.05, 3.63) is 28.2 Å². The largest absolute Gasteiger partial charge is 0.385 e. The number of halogens is 1. The van der Waals surface area contributed by atoms with Gasteiger partial charge in [0.15, 0.2) is 0 Å². The van der Waals surface area contributed by atoms with Crippen LogP contribution in [-0.4, -0.2) is 26.2 Å². The molecule has 0 saturated heterocycles. The molecule has 106 valence electrons. The lowest BCUT2D eigenvalue weighted by molar-refractivity contribution is 0.0920. The van der Waals surface area contributed by atoms with E-state index in [1.807, 2.05) is 12.1 Å². The van der Waals surface area contributed by atoms with Crippen LogP contribution in [0.2, 0.25) is 0 Å². The lowest BCUT2D eigenvalue weighted by Gasteiger charge is -2.24. The number of amides is 1. The summed E-state index contributed by atoms with van der Waals surface area (Å²) < 4.78 is 5.85. The van der Waals surface area contributed by atoms with Crippen molar-refractivity contribution in [2.75, 3.05) is 20.3 Å². The minimum absolute atomic E-state index is 0.0106. The van der Waals surface area contributed by atoms with Crippen molar-refractivity contribution in [2.24, 2.45) is 5.41 Å². The second-order valence-electron chi connectivity index (χ2n) is 5.25. The normalized spacial score (nSPS) is 11.4. The summed E-state index contributed by atoms with van der Waals surface area (Å²) >= 11 is 7.63. The Bertz CT molecular complexity index is 449. The quantitative estimate of drug-likeness (QED) is 0.774. The molecule has 19 heavy (non-hydrogen) atoms. The number of benzene rings is 1. The first-order valence-electron chi connectivity index (χ1n) is 6.11. The van der Waals surface area contributed by atoms with Gasteiger partial charge in [-0.25, -0.2) is 0 Å². The van der Waals surface area contributed by atoms with Crippen molar-refractivity contribution in [3.8, 4) is 0 Å². The van der Waals surface area contributed by atoms with E-state index < -0.39 is 0 Å². The smallest absolute Gasteiger partial charge is 0.252 e. The predicted molar refractivity (Wildman–Crippen MR) is 84.0 cm³/mol. The molecule has 1 aromatic carbocycles. The minimum atomic E-state index is -0.0896. The van der Waals surface area contributed by atoms with Gasteiger partial charge in [-0.15, -0.1) is 12.6 Å². The molecule has 0 aliphatic carbocycles. The van der Waals surface area contributed by atoms with Gasteiger partial charge in [0.25, 0.3) is 5.91 Å². The van der Waals surface area contributed by atoms with Crippen LogP contribution < -0.4 is 5.32 Å². The van der Waals surface area contributed by atoms with Crippen LogP contribution in [0.1, 0.15) is 30.6 Å². The first-order chi connectivity index (χ1) is 8.85. The summed E-state index contributed by atoms with van der Waals surface area (Å²) in [4.78, 5) is 12.9. The maximum absolute atomic E-state index is 12.1. The third-order valence-corrected chi connectivity index (χ3v) is 3.87. The second-order valence-corrected chi connectivity index (χ2v) is 6.62. The van der Waals surface area contributed by atoms with E-state index >= 15 is 0 Å². The van der Waals surface area contributed by atoms with Crippen LogP contribution in [0.5, 0.6) is 0 Å². The van der Waals surface area contributed by atoms with Crippen molar-refractivity contribution in [1.82, 2.24) is 5.32 Å². The SMILES string of the molecule is COCCC(C)(C)CNC(=O)c1cc(S)ccc1Br. The van der Waals surface area contributed by atoms with Crippen molar-refractivity contribution >= 4 is 34.5 Å². The van der Waals surface area contributed by atoms with Gasteiger partial charge in [0.1, 0.15) is 0 Å². The van der Waals surface area contributed by atoms with Crippen molar-refractivity contribution < 1.29 is 9.53 Å². The van der Waals surface area contributed by atoms with Gasteiger partial charge in [0.2, 0.25) is 0 Å². The molecule has 0 unspecified atom stereocenters. The Kier molecular flexibility index (Phi) is 6.36. The van der Waals surface area contributed by atoms with Gasteiger partial charge < -0.3 is 10.1 Å². The third kappa shape index (κ3) is 5.55. The molecule has 1 amide bonds. The summed E-state index contributed by atoms with van der Waals surface area (Å²) in [5, 5.41) is 2.96. The van der Waals surface area contributed by atoms with Gasteiger partial charge in [0, 0.05) is 29.6 Å². The molecule has 0 fully saturated rings. The van der Waals surface area contributed by atoms with E-state index in [0.29, 0.717) is 18.7 Å². The van der Waals surface area contributed by atoms with E-state index in [0.717, 1.165) is 15.8 Å². The van der Waals surface area contributed by atoms with Crippen LogP contribution in [0.3, 0.4) is 0 Å². The van der Waals surface area contributed by atoms with E-state index in [-0.39, 0.29) is 11.3 Å². The maximum Gasteiger partial charge on any atom is 0.252 e. The van der Waals surface area contributed by atoms with E-state index in [9.17, 15) is 4.79 Å². The lowest BCUT2D eigenvalue weighted by atomic mass is 9.89. The molecule has 0 spiro atoms. The molecule has 0 bridgehead atoms. The summed E-state index contributed by atoms with van der Waals surface area (Å²) in [5.41, 5.74) is 0.617. The zero-order valence-electron chi connectivity index (χ0n) is 11.5. The monoisotopic (exact) mass is 345 g/mol. The molecule has 1 N–H and O–H groups in total. The zero-order valence-corrected chi connectivity index (χ0v) is 14.0. The highest BCUT2D eigenvalue weighted by Gasteiger charge is 2.19. The minimum Gasteiger partial charge on any atom is -0.385 e. The Labute approximate surface area is 128 Å². The molecule has 0 atom stereocenters. The molecule has 0 radical (unpaired) electrons. The number of carbonyl (C=O) groups is 1. The van der Waals surface area contributed by atoms with Gasteiger partial charge >= 0.3 is 0 Å². The maximum atomic E-state index is 12.1. The molecule has 5 heteroatoms. The lowest BCUT2D eigenvalue weighted by Crippen LogP contribution is -2.34. The molecular weight excluding hydrogens is 326 g/mol. The molecule has 0 aliphatic rings. The van der Waals surface area contributed by atoms with Gasteiger partial charge in [-0.3, -0.25) is 4.79 Å². The number of carbonyl (C=O) groups excluding carboxylic acids is 1. The van der Waals surface area contributed by atoms with Crippen LogP contribution in [0, 0.1) is 5.41 Å². The van der Waals surface area contributed by atoms with Gasteiger partial charge in [-0.05, 0) is 46.0 Å². The number of rotatable bonds is 6. The summed E-state index contributed by atoms with van der Waals surface area (Å²) in [7, 11) is 1.68. The van der Waals surface area contributed by atoms with Crippen LogP contribution >= 0.6 is 28.6 Å². The summed E-state index contributed by atoms with van der Waals surface area (Å²) in [6.07, 6.45) is 0.900. The number of thiol groups is 1. The van der Waals surface area contributed by atoms with Crippen molar-refractivity contribution in [3.63, 3.8) is 0 Å². The van der Waals surface area contributed by atoms with E-state index in [4.69, 9.17) is 4.74 Å². The Balaban J connectivity index is 2.62. The fourth-order valence-electron chi connectivity index (χ4n) is 1.57. The van der Waals surface area contributed by atoms with Crippen LogP contribution in [0.25, 0.3) is 0 Å². The fraction of sp³-hybridized carbons (Fsp3) is 0.500. The number of methoxy groups -OCH3 is 1. The van der Waals surface area contributed by atoms with E-state index in [2.05, 4.69) is 47.7 Å². The Morgan fingerprint density at radius 3 is 2.79 bits per heavy atom. The highest BCUT2D eigenvalue weighted by Crippen LogP contribution is 2.22. The Morgan fingerprint density at radius 2 is 2.16 bits per heavy atom. The van der Waals surface area contributed by atoms with Crippen molar-refractivity contribution in [2.45, 2.75) is 25.2 Å². The number of hydrogen-bond acceptors (Lipinski definition) is 3. The molecule has 1 aromatic rings. The molecule has 3 nitrogen and oxygen atoms in total. The van der Waals surface area contributed by atoms with Crippen LogP contribution in [-0.2, 0) is 4.74 Å². The average molecular weight is 346 g/mol. The Hall–Kier alpha value is -0.520. The van der Waals surface area contributed by atoms with Gasteiger partial charge in [-0.2, -0.15) is 0 Å². The van der Waals surface area contributed by atoms with E-state index in [1.54, 1.807) is 13.2 Å². The van der Waals surface area contributed by atoms with E-state index in [1.165, 1.54) is 0 Å². The second kappa shape index (κ2) is 7.31. The predicted octanol–water partition coefficient (Wildman–Crippen LogP) is 3.53. The Morgan fingerprint density at radius 1 is 1.47 bits per heavy atom. The summed E-state index contributed by atoms with van der Waals surface area (Å²) in [6.45, 7) is 5.52. The molecule has 0 saturated carbocycles. The highest BCUT2D eigenvalue weighted by atomic mass is 79.9. The molecule has 0 heterocycles. The molecule has 0 aliphatic heterocycles. The molecule has 1 rings (SSSR count). The van der Waals surface area contributed by atoms with Gasteiger partial charge in [-0.1, -0.05) is 13.8 Å². The van der Waals surface area contributed by atoms with Crippen molar-refractivity contribution in [1.29, 1.82) is 0 Å². The molecule has 0 aromatic heterocycles. The average Bonchev–Trinajstić information content (AvgIpc) is 2.36. The topological polar surface area (TPSA) is 38.3 Å². The highest BCUT2D eigenvalue weighted by molar-refractivity contribution is 9.10. The summed E-state index contributed by atoms with van der Waals surface area (Å²) in [5.74, 6) is -0.0896. The number of hydrogen-bond donors (Lipinski definition) is 2. The fourth-order valence-corrected chi connectivity index (χ4v) is 2.20. The number of ether oxygens (including phenoxy) is 1. The molecular formula is C14H20BrNO2S. The van der Waals surface area contributed by atoms with Gasteiger partial charge in [0.05, 0.1) is 5.56 Å². The number of nitrogens with one attached hydrogen (secondary N) is 1. The standard InChI is InChI=1S/C14H20BrNO2S/c1-14(2,6-7-18-3)9-16-13(17)11-8-10(19)4-5-12(11)15/h4-5,8,19H,6-7,9H2,1-3H3,(H,16,17). The first-order valence-corrected chi connectivity index (χ1v) is 7.35.